The van der Waals surface area contributed by atoms with Crippen molar-refractivity contribution in [1.29, 1.82) is 0 Å². The van der Waals surface area contributed by atoms with Gasteiger partial charge in [-0.15, -0.1) is 0 Å². The number of nitrogens with zero attached hydrogens (tertiary/aromatic N) is 2. The van der Waals surface area contributed by atoms with Gasteiger partial charge in [-0.25, -0.2) is 0 Å². The molecule has 1 aliphatic rings. The Morgan fingerprint density at radius 1 is 1.12 bits per heavy atom. The average molecular weight is 517 g/mol. The van der Waals surface area contributed by atoms with Crippen molar-refractivity contribution in [3.8, 4) is 11.5 Å². The minimum atomic E-state index is -0.747. The Kier molecular flexibility index (Phi) is 8.15. The summed E-state index contributed by atoms with van der Waals surface area (Å²) < 4.78 is 12.1. The third kappa shape index (κ3) is 5.39. The minimum Gasteiger partial charge on any atom is -0.507 e. The summed E-state index contributed by atoms with van der Waals surface area (Å²) in [4.78, 5) is 29.6. The van der Waals surface area contributed by atoms with Gasteiger partial charge in [-0.2, -0.15) is 0 Å². The molecule has 1 heterocycles. The van der Waals surface area contributed by atoms with E-state index in [1.807, 2.05) is 32.0 Å². The molecule has 1 N–H and O–H groups in total. The number of carbonyl (C=O) groups is 2. The highest BCUT2D eigenvalue weighted by Gasteiger charge is 2.46. The van der Waals surface area contributed by atoms with E-state index < -0.39 is 17.7 Å². The molecular weight excluding hydrogens is 488 g/mol. The molecule has 1 saturated heterocycles. The van der Waals surface area contributed by atoms with Gasteiger partial charge in [0.2, 0.25) is 0 Å². The number of methoxy groups -OCH3 is 1. The Hall–Kier alpha value is -2.84. The number of benzene rings is 2. The molecule has 0 aromatic heterocycles. The van der Waals surface area contributed by atoms with Crippen LogP contribution in [0.4, 0.5) is 0 Å². The molecule has 0 radical (unpaired) electrons. The smallest absolute Gasteiger partial charge is 0.295 e. The topological polar surface area (TPSA) is 79.3 Å². The van der Waals surface area contributed by atoms with Gasteiger partial charge < -0.3 is 24.4 Å². The molecule has 0 spiro atoms. The second kappa shape index (κ2) is 10.9. The van der Waals surface area contributed by atoms with Crippen LogP contribution in [-0.4, -0.2) is 67.5 Å². The highest BCUT2D eigenvalue weighted by Crippen LogP contribution is 2.42. The number of aliphatic hydroxyl groups excluding tert-OH is 1. The fraction of sp³-hybridized carbons (Fsp3) is 0.360. The number of likely N-dealkylation sites (tertiary alicyclic amines) is 1. The highest BCUT2D eigenvalue weighted by molar-refractivity contribution is 9.10. The van der Waals surface area contributed by atoms with Crippen LogP contribution in [0.15, 0.2) is 52.5 Å². The van der Waals surface area contributed by atoms with Crippen LogP contribution in [-0.2, 0) is 9.59 Å². The molecule has 1 aliphatic heterocycles. The van der Waals surface area contributed by atoms with Crippen LogP contribution >= 0.6 is 15.9 Å². The van der Waals surface area contributed by atoms with Gasteiger partial charge in [0.1, 0.15) is 5.76 Å². The third-order valence-corrected chi connectivity index (χ3v) is 5.94. The fourth-order valence-corrected chi connectivity index (χ4v) is 3.98. The maximum Gasteiger partial charge on any atom is 0.295 e. The van der Waals surface area contributed by atoms with E-state index in [2.05, 4.69) is 15.9 Å². The van der Waals surface area contributed by atoms with E-state index in [-0.39, 0.29) is 11.3 Å². The molecular formula is C25H29BrN2O5. The number of carbonyl (C=O) groups excluding carboxylic acids is 2. The van der Waals surface area contributed by atoms with Crippen molar-refractivity contribution in [3.63, 3.8) is 0 Å². The second-order valence-corrected chi connectivity index (χ2v) is 8.98. The molecule has 0 saturated carbocycles. The Morgan fingerprint density at radius 2 is 1.82 bits per heavy atom. The van der Waals surface area contributed by atoms with E-state index in [1.54, 1.807) is 43.5 Å². The summed E-state index contributed by atoms with van der Waals surface area (Å²) >= 11 is 3.37. The SMILES string of the molecule is CCCOc1ccc([C@H]2/C(=C(\O)c3ccc(Br)cc3)C(=O)C(=O)N2CCN(C)C)cc1OC. The van der Waals surface area contributed by atoms with Crippen molar-refractivity contribution in [2.75, 3.05) is 40.9 Å². The van der Waals surface area contributed by atoms with Gasteiger partial charge in [0, 0.05) is 23.1 Å². The summed E-state index contributed by atoms with van der Waals surface area (Å²) in [6.07, 6.45) is 0.850. The first-order valence-electron chi connectivity index (χ1n) is 10.8. The number of hydrogen-bond acceptors (Lipinski definition) is 6. The van der Waals surface area contributed by atoms with Gasteiger partial charge in [0.25, 0.3) is 11.7 Å². The lowest BCUT2D eigenvalue weighted by Gasteiger charge is -2.27. The van der Waals surface area contributed by atoms with E-state index in [0.29, 0.717) is 42.3 Å². The molecule has 1 atom stereocenters. The zero-order chi connectivity index (χ0) is 24.1. The van der Waals surface area contributed by atoms with E-state index in [0.717, 1.165) is 10.9 Å². The second-order valence-electron chi connectivity index (χ2n) is 8.06. The molecule has 1 fully saturated rings. The summed E-state index contributed by atoms with van der Waals surface area (Å²) in [5, 5.41) is 11.1. The number of Topliss-reactive ketones (excluding diaryl/α,β-unsaturated/α-hetero) is 1. The van der Waals surface area contributed by atoms with Gasteiger partial charge in [-0.1, -0.05) is 41.1 Å². The number of ether oxygens (including phenoxy) is 2. The molecule has 1 amide bonds. The number of amides is 1. The van der Waals surface area contributed by atoms with E-state index in [4.69, 9.17) is 9.47 Å². The number of likely N-dealkylation sites (N-methyl/N-ethyl adjacent to an activating group) is 1. The Bertz CT molecular complexity index is 1050. The molecule has 0 bridgehead atoms. The average Bonchev–Trinajstić information content (AvgIpc) is 3.06. The van der Waals surface area contributed by atoms with Crippen LogP contribution in [0, 0.1) is 0 Å². The van der Waals surface area contributed by atoms with Crippen LogP contribution in [0.5, 0.6) is 11.5 Å². The molecule has 3 rings (SSSR count). The summed E-state index contributed by atoms with van der Waals surface area (Å²) in [6, 6.07) is 11.5. The van der Waals surface area contributed by atoms with Crippen molar-refractivity contribution < 1.29 is 24.2 Å². The normalized spacial score (nSPS) is 17.6. The molecule has 2 aromatic carbocycles. The first-order valence-corrected chi connectivity index (χ1v) is 11.6. The van der Waals surface area contributed by atoms with Gasteiger partial charge in [0.05, 0.1) is 25.3 Å². The van der Waals surface area contributed by atoms with Crippen LogP contribution in [0.1, 0.15) is 30.5 Å². The summed E-state index contributed by atoms with van der Waals surface area (Å²) in [7, 11) is 5.34. The Morgan fingerprint density at radius 3 is 2.42 bits per heavy atom. The molecule has 0 aliphatic carbocycles. The number of ketones is 1. The van der Waals surface area contributed by atoms with Gasteiger partial charge in [-0.05, 0) is 50.3 Å². The maximum atomic E-state index is 13.1. The maximum absolute atomic E-state index is 13.1. The summed E-state index contributed by atoms with van der Waals surface area (Å²) in [5.74, 6) is -0.456. The Labute approximate surface area is 202 Å². The standard InChI is InChI=1S/C25H29BrN2O5/c1-5-14-33-19-11-8-17(15-20(19)32-4)22-21(23(29)16-6-9-18(26)10-7-16)24(30)25(31)28(22)13-12-27(2)3/h6-11,15,22,29H,5,12-14H2,1-4H3/b23-21+/t22-/m0/s1. The van der Waals surface area contributed by atoms with E-state index >= 15 is 0 Å². The number of aliphatic hydroxyl groups is 1. The number of hydrogen-bond donors (Lipinski definition) is 1. The number of rotatable bonds is 9. The van der Waals surface area contributed by atoms with Crippen LogP contribution in [0.2, 0.25) is 0 Å². The monoisotopic (exact) mass is 516 g/mol. The fourth-order valence-electron chi connectivity index (χ4n) is 3.71. The van der Waals surface area contributed by atoms with Crippen molar-refractivity contribution in [2.24, 2.45) is 0 Å². The summed E-state index contributed by atoms with van der Waals surface area (Å²) in [6.45, 7) is 3.45. The van der Waals surface area contributed by atoms with E-state index in [9.17, 15) is 14.7 Å². The Balaban J connectivity index is 2.14. The molecule has 2 aromatic rings. The van der Waals surface area contributed by atoms with Crippen LogP contribution in [0.25, 0.3) is 5.76 Å². The van der Waals surface area contributed by atoms with Crippen molar-refractivity contribution in [2.45, 2.75) is 19.4 Å². The molecule has 0 unspecified atom stereocenters. The molecule has 7 nitrogen and oxygen atoms in total. The largest absolute Gasteiger partial charge is 0.507 e. The lowest BCUT2D eigenvalue weighted by atomic mass is 9.95. The summed E-state index contributed by atoms with van der Waals surface area (Å²) in [5.41, 5.74) is 1.18. The lowest BCUT2D eigenvalue weighted by Crippen LogP contribution is -2.35. The van der Waals surface area contributed by atoms with Gasteiger partial charge >= 0.3 is 0 Å². The van der Waals surface area contributed by atoms with Crippen LogP contribution in [0.3, 0.4) is 0 Å². The molecule has 8 heteroatoms. The number of halogens is 1. The van der Waals surface area contributed by atoms with Gasteiger partial charge in [0.15, 0.2) is 11.5 Å². The molecule has 33 heavy (non-hydrogen) atoms. The predicted octanol–water partition coefficient (Wildman–Crippen LogP) is 4.23. The van der Waals surface area contributed by atoms with Crippen molar-refractivity contribution >= 4 is 33.4 Å². The first kappa shape index (κ1) is 24.8. The zero-order valence-electron chi connectivity index (χ0n) is 19.3. The zero-order valence-corrected chi connectivity index (χ0v) is 20.9. The minimum absolute atomic E-state index is 0.0605. The van der Waals surface area contributed by atoms with Crippen molar-refractivity contribution in [3.05, 3.63) is 63.6 Å². The lowest BCUT2D eigenvalue weighted by molar-refractivity contribution is -0.140. The van der Waals surface area contributed by atoms with Crippen LogP contribution < -0.4 is 9.47 Å². The van der Waals surface area contributed by atoms with Crippen molar-refractivity contribution in [1.82, 2.24) is 9.80 Å². The predicted molar refractivity (Wildman–Crippen MR) is 130 cm³/mol. The van der Waals surface area contributed by atoms with Gasteiger partial charge in [-0.3, -0.25) is 9.59 Å². The highest BCUT2D eigenvalue weighted by atomic mass is 79.9. The van der Waals surface area contributed by atoms with E-state index in [1.165, 1.54) is 4.90 Å². The third-order valence-electron chi connectivity index (χ3n) is 5.41. The first-order chi connectivity index (χ1) is 15.8. The molecule has 176 valence electrons. The quantitative estimate of drug-likeness (QED) is 0.305.